The summed E-state index contributed by atoms with van der Waals surface area (Å²) in [7, 11) is 0. The fraction of sp³-hybridized carbons (Fsp3) is 0.529. The third kappa shape index (κ3) is 3.76. The zero-order valence-corrected chi connectivity index (χ0v) is 13.5. The van der Waals surface area contributed by atoms with Crippen LogP contribution >= 0.6 is 0 Å². The maximum atomic E-state index is 13.2. The summed E-state index contributed by atoms with van der Waals surface area (Å²) in [5, 5.41) is 14.3. The number of aryl methyl sites for hydroxylation is 2. The Morgan fingerprint density at radius 1 is 1.35 bits per heavy atom. The van der Waals surface area contributed by atoms with Crippen molar-refractivity contribution in [1.29, 1.82) is 0 Å². The van der Waals surface area contributed by atoms with E-state index in [0.29, 0.717) is 18.3 Å². The SMILES string of the molecule is Cc1noc(C2CCN(CC(O)c3ccc(F)cc3C)CC2)n1. The Balaban J connectivity index is 1.56. The molecule has 2 heterocycles. The second kappa shape index (κ2) is 6.76. The van der Waals surface area contributed by atoms with Crippen molar-refractivity contribution in [1.82, 2.24) is 15.0 Å². The van der Waals surface area contributed by atoms with Crippen molar-refractivity contribution >= 4 is 0 Å². The van der Waals surface area contributed by atoms with E-state index in [1.54, 1.807) is 6.07 Å². The van der Waals surface area contributed by atoms with Crippen LogP contribution in [0.4, 0.5) is 4.39 Å². The Labute approximate surface area is 135 Å². The fourth-order valence-corrected chi connectivity index (χ4v) is 3.20. The average Bonchev–Trinajstić information content (AvgIpc) is 2.94. The molecule has 6 heteroatoms. The van der Waals surface area contributed by atoms with E-state index in [9.17, 15) is 9.50 Å². The first-order valence-corrected chi connectivity index (χ1v) is 7.99. The van der Waals surface area contributed by atoms with Crippen LogP contribution in [0, 0.1) is 19.7 Å². The van der Waals surface area contributed by atoms with Gasteiger partial charge in [-0.3, -0.25) is 0 Å². The molecule has 1 fully saturated rings. The largest absolute Gasteiger partial charge is 0.387 e. The van der Waals surface area contributed by atoms with E-state index < -0.39 is 6.10 Å². The highest BCUT2D eigenvalue weighted by atomic mass is 19.1. The van der Waals surface area contributed by atoms with Crippen LogP contribution in [0.5, 0.6) is 0 Å². The van der Waals surface area contributed by atoms with Gasteiger partial charge in [-0.25, -0.2) is 4.39 Å². The molecule has 1 saturated heterocycles. The molecule has 0 aliphatic carbocycles. The quantitative estimate of drug-likeness (QED) is 0.939. The van der Waals surface area contributed by atoms with E-state index in [1.807, 2.05) is 13.8 Å². The molecule has 23 heavy (non-hydrogen) atoms. The normalized spacial score (nSPS) is 18.3. The lowest BCUT2D eigenvalue weighted by Gasteiger charge is -2.32. The number of aliphatic hydroxyl groups excluding tert-OH is 1. The van der Waals surface area contributed by atoms with Crippen molar-refractivity contribution in [3.05, 3.63) is 46.9 Å². The first kappa shape index (κ1) is 16.1. The van der Waals surface area contributed by atoms with E-state index in [-0.39, 0.29) is 5.82 Å². The van der Waals surface area contributed by atoms with E-state index in [0.717, 1.165) is 42.9 Å². The number of benzene rings is 1. The van der Waals surface area contributed by atoms with Crippen LogP contribution in [-0.2, 0) is 0 Å². The molecule has 0 bridgehead atoms. The van der Waals surface area contributed by atoms with E-state index in [2.05, 4.69) is 15.0 Å². The number of halogens is 1. The van der Waals surface area contributed by atoms with Gasteiger partial charge in [0, 0.05) is 12.5 Å². The highest BCUT2D eigenvalue weighted by molar-refractivity contribution is 5.28. The minimum absolute atomic E-state index is 0.269. The van der Waals surface area contributed by atoms with Crippen LogP contribution in [0.15, 0.2) is 22.7 Å². The van der Waals surface area contributed by atoms with E-state index in [4.69, 9.17) is 4.52 Å². The van der Waals surface area contributed by atoms with Crippen molar-refractivity contribution in [3.8, 4) is 0 Å². The summed E-state index contributed by atoms with van der Waals surface area (Å²) in [6, 6.07) is 4.53. The molecule has 1 N–H and O–H groups in total. The minimum atomic E-state index is -0.599. The number of aromatic nitrogens is 2. The zero-order valence-electron chi connectivity index (χ0n) is 13.5. The minimum Gasteiger partial charge on any atom is -0.387 e. The molecule has 2 aromatic rings. The zero-order chi connectivity index (χ0) is 16.4. The maximum absolute atomic E-state index is 13.2. The molecule has 0 amide bonds. The Morgan fingerprint density at radius 2 is 2.09 bits per heavy atom. The van der Waals surface area contributed by atoms with Gasteiger partial charge in [0.05, 0.1) is 6.10 Å². The Hall–Kier alpha value is -1.79. The summed E-state index contributed by atoms with van der Waals surface area (Å²) >= 11 is 0. The first-order chi connectivity index (χ1) is 11.0. The molecule has 1 aliphatic heterocycles. The van der Waals surface area contributed by atoms with Gasteiger partial charge in [0.1, 0.15) is 5.82 Å². The number of hydrogen-bond donors (Lipinski definition) is 1. The fourth-order valence-electron chi connectivity index (χ4n) is 3.20. The molecule has 1 aromatic carbocycles. The topological polar surface area (TPSA) is 62.4 Å². The lowest BCUT2D eigenvalue weighted by molar-refractivity contribution is 0.0937. The van der Waals surface area contributed by atoms with Gasteiger partial charge in [-0.15, -0.1) is 0 Å². The second-order valence-corrected chi connectivity index (χ2v) is 6.27. The molecular formula is C17H22FN3O2. The lowest BCUT2D eigenvalue weighted by Crippen LogP contribution is -2.36. The number of rotatable bonds is 4. The molecule has 5 nitrogen and oxygen atoms in total. The maximum Gasteiger partial charge on any atom is 0.229 e. The van der Waals surface area contributed by atoms with Gasteiger partial charge in [0.15, 0.2) is 5.82 Å². The molecule has 0 spiro atoms. The van der Waals surface area contributed by atoms with Crippen molar-refractivity contribution in [2.24, 2.45) is 0 Å². The molecule has 3 rings (SSSR count). The monoisotopic (exact) mass is 319 g/mol. The Bertz CT molecular complexity index is 666. The van der Waals surface area contributed by atoms with Gasteiger partial charge in [0.2, 0.25) is 5.89 Å². The summed E-state index contributed by atoms with van der Waals surface area (Å²) in [5.41, 5.74) is 1.58. The van der Waals surface area contributed by atoms with Crippen LogP contribution in [0.3, 0.4) is 0 Å². The number of nitrogens with zero attached hydrogens (tertiary/aromatic N) is 3. The smallest absolute Gasteiger partial charge is 0.229 e. The summed E-state index contributed by atoms with van der Waals surface area (Å²) in [6.45, 7) is 5.96. The Morgan fingerprint density at radius 3 is 2.70 bits per heavy atom. The number of likely N-dealkylation sites (tertiary alicyclic amines) is 1. The molecule has 0 radical (unpaired) electrons. The lowest BCUT2D eigenvalue weighted by atomic mass is 9.95. The molecule has 0 saturated carbocycles. The highest BCUT2D eigenvalue weighted by Crippen LogP contribution is 2.28. The van der Waals surface area contributed by atoms with E-state index in [1.165, 1.54) is 12.1 Å². The third-order valence-corrected chi connectivity index (χ3v) is 4.50. The Kier molecular flexibility index (Phi) is 4.73. The van der Waals surface area contributed by atoms with Crippen LogP contribution < -0.4 is 0 Å². The van der Waals surface area contributed by atoms with Crippen molar-refractivity contribution in [3.63, 3.8) is 0 Å². The van der Waals surface area contributed by atoms with Gasteiger partial charge < -0.3 is 14.5 Å². The number of hydrogen-bond acceptors (Lipinski definition) is 5. The predicted octanol–water partition coefficient (Wildman–Crippen LogP) is 2.74. The predicted molar refractivity (Wildman–Crippen MR) is 83.5 cm³/mol. The van der Waals surface area contributed by atoms with Gasteiger partial charge in [-0.2, -0.15) is 4.98 Å². The highest BCUT2D eigenvalue weighted by Gasteiger charge is 2.26. The summed E-state index contributed by atoms with van der Waals surface area (Å²) in [5.74, 6) is 1.42. The van der Waals surface area contributed by atoms with Crippen molar-refractivity contribution in [2.45, 2.75) is 38.7 Å². The molecule has 124 valence electrons. The van der Waals surface area contributed by atoms with Crippen LogP contribution in [0.25, 0.3) is 0 Å². The van der Waals surface area contributed by atoms with Gasteiger partial charge in [-0.05, 0) is 63.0 Å². The standard InChI is InChI=1S/C17H22FN3O2/c1-11-9-14(18)3-4-15(11)16(22)10-21-7-5-13(6-8-21)17-19-12(2)20-23-17/h3-4,9,13,16,22H,5-8,10H2,1-2H3. The first-order valence-electron chi connectivity index (χ1n) is 7.99. The summed E-state index contributed by atoms with van der Waals surface area (Å²) in [4.78, 5) is 6.54. The number of β-amino-alcohol motifs (C(OH)–C–C–N with tert-alkyl or cyclic N) is 1. The van der Waals surface area contributed by atoms with Gasteiger partial charge in [-0.1, -0.05) is 11.2 Å². The van der Waals surface area contributed by atoms with Gasteiger partial charge >= 0.3 is 0 Å². The molecule has 1 atom stereocenters. The van der Waals surface area contributed by atoms with Crippen molar-refractivity contribution < 1.29 is 14.0 Å². The van der Waals surface area contributed by atoms with E-state index >= 15 is 0 Å². The van der Waals surface area contributed by atoms with Crippen molar-refractivity contribution in [2.75, 3.05) is 19.6 Å². The molecular weight excluding hydrogens is 297 g/mol. The van der Waals surface area contributed by atoms with Gasteiger partial charge in [0.25, 0.3) is 0 Å². The van der Waals surface area contributed by atoms with Crippen LogP contribution in [-0.4, -0.2) is 39.8 Å². The number of piperidine rings is 1. The molecule has 1 aromatic heterocycles. The third-order valence-electron chi connectivity index (χ3n) is 4.50. The van der Waals surface area contributed by atoms with Crippen LogP contribution in [0.1, 0.15) is 47.7 Å². The molecule has 1 aliphatic rings. The second-order valence-electron chi connectivity index (χ2n) is 6.27. The summed E-state index contributed by atoms with van der Waals surface area (Å²) < 4.78 is 18.4. The summed E-state index contributed by atoms with van der Waals surface area (Å²) in [6.07, 6.45) is 1.28. The number of aliphatic hydroxyl groups is 1. The van der Waals surface area contributed by atoms with Crippen LogP contribution in [0.2, 0.25) is 0 Å². The molecule has 1 unspecified atom stereocenters. The average molecular weight is 319 g/mol.